The second-order valence-electron chi connectivity index (χ2n) is 7.81. The topological polar surface area (TPSA) is 18.5 Å². The van der Waals surface area contributed by atoms with Gasteiger partial charge in [0, 0.05) is 0 Å². The maximum Gasteiger partial charge on any atom is 0.490 e. The van der Waals surface area contributed by atoms with E-state index in [0.29, 0.717) is 0 Å². The van der Waals surface area contributed by atoms with Gasteiger partial charge in [0.15, 0.2) is 0 Å². The first-order chi connectivity index (χ1) is 8.99. The molecule has 0 radical (unpaired) electrons. The molecule has 1 aliphatic heterocycles. The van der Waals surface area contributed by atoms with Gasteiger partial charge >= 0.3 is 7.12 Å². The van der Waals surface area contributed by atoms with Crippen LogP contribution in [0.2, 0.25) is 0 Å². The SMILES string of the molecule is CC12CCC3CC1(OB(C1=CCCCC1)O2)C3(C)C. The molecule has 19 heavy (non-hydrogen) atoms. The third-order valence-electron chi connectivity index (χ3n) is 6.72. The van der Waals surface area contributed by atoms with E-state index < -0.39 is 0 Å². The summed E-state index contributed by atoms with van der Waals surface area (Å²) in [4.78, 5) is 0. The van der Waals surface area contributed by atoms with Crippen molar-refractivity contribution in [3.63, 3.8) is 0 Å². The highest BCUT2D eigenvalue weighted by molar-refractivity contribution is 6.54. The molecule has 0 aromatic rings. The van der Waals surface area contributed by atoms with Gasteiger partial charge < -0.3 is 9.31 Å². The molecule has 0 aromatic heterocycles. The fourth-order valence-corrected chi connectivity index (χ4v) is 5.23. The Labute approximate surface area is 117 Å². The van der Waals surface area contributed by atoms with Gasteiger partial charge in [-0.15, -0.1) is 0 Å². The van der Waals surface area contributed by atoms with Crippen LogP contribution in [-0.4, -0.2) is 18.3 Å². The van der Waals surface area contributed by atoms with Crippen LogP contribution in [0.3, 0.4) is 0 Å². The third kappa shape index (κ3) is 1.36. The van der Waals surface area contributed by atoms with Gasteiger partial charge in [-0.1, -0.05) is 19.9 Å². The van der Waals surface area contributed by atoms with E-state index in [1.54, 1.807) is 0 Å². The molecule has 0 aromatic carbocycles. The number of hydrogen-bond donors (Lipinski definition) is 0. The van der Waals surface area contributed by atoms with Crippen LogP contribution in [0.4, 0.5) is 0 Å². The van der Waals surface area contributed by atoms with Crippen molar-refractivity contribution >= 4 is 7.12 Å². The van der Waals surface area contributed by atoms with Crippen molar-refractivity contribution in [2.75, 3.05) is 0 Å². The highest BCUT2D eigenvalue weighted by atomic mass is 16.7. The Bertz CT molecular complexity index is 444. The van der Waals surface area contributed by atoms with E-state index in [1.807, 2.05) is 0 Å². The van der Waals surface area contributed by atoms with Crippen molar-refractivity contribution in [1.82, 2.24) is 0 Å². The standard InChI is InChI=1S/C16H25BO2/c1-14(2)12-9-10-15(3)16(14,11-12)19-17(18-15)13-7-5-4-6-8-13/h7,12H,4-6,8-11H2,1-3H3. The normalized spacial score (nSPS) is 47.4. The largest absolute Gasteiger partial charge is 0.490 e. The minimum absolute atomic E-state index is 0.0220. The molecule has 1 heterocycles. The summed E-state index contributed by atoms with van der Waals surface area (Å²) >= 11 is 0. The quantitative estimate of drug-likeness (QED) is 0.666. The summed E-state index contributed by atoms with van der Waals surface area (Å²) in [6.07, 6.45) is 11.0. The van der Waals surface area contributed by atoms with E-state index in [4.69, 9.17) is 9.31 Å². The van der Waals surface area contributed by atoms with E-state index in [0.717, 1.165) is 5.92 Å². The molecule has 4 fully saturated rings. The molecule has 2 bridgehead atoms. The molecule has 3 unspecified atom stereocenters. The molecule has 3 atom stereocenters. The number of hydrogen-bond acceptors (Lipinski definition) is 2. The van der Waals surface area contributed by atoms with Crippen LogP contribution in [-0.2, 0) is 9.31 Å². The predicted octanol–water partition coefficient (Wildman–Crippen LogP) is 3.90. The average Bonchev–Trinajstić information content (AvgIpc) is 2.75. The second-order valence-corrected chi connectivity index (χ2v) is 7.81. The van der Waals surface area contributed by atoms with Crippen molar-refractivity contribution < 1.29 is 9.31 Å². The zero-order valence-electron chi connectivity index (χ0n) is 12.5. The van der Waals surface area contributed by atoms with Gasteiger partial charge in [-0.05, 0) is 68.7 Å². The molecule has 4 aliphatic carbocycles. The van der Waals surface area contributed by atoms with E-state index >= 15 is 0 Å². The summed E-state index contributed by atoms with van der Waals surface area (Å²) in [5, 5.41) is 0. The molecule has 1 saturated heterocycles. The molecule has 3 heteroatoms. The number of fused-ring (bicyclic) bond motifs is 1. The molecule has 104 valence electrons. The number of rotatable bonds is 1. The van der Waals surface area contributed by atoms with Gasteiger partial charge in [-0.3, -0.25) is 0 Å². The Balaban J connectivity index is 1.66. The van der Waals surface area contributed by atoms with Gasteiger partial charge in [0.2, 0.25) is 0 Å². The van der Waals surface area contributed by atoms with Crippen molar-refractivity contribution in [3.8, 4) is 0 Å². The average molecular weight is 260 g/mol. The molecular formula is C16H25BO2. The zero-order chi connectivity index (χ0) is 13.3. The van der Waals surface area contributed by atoms with E-state index in [2.05, 4.69) is 26.8 Å². The molecule has 0 N–H and O–H groups in total. The minimum Gasteiger partial charge on any atom is -0.399 e. The summed E-state index contributed by atoms with van der Waals surface area (Å²) in [5.41, 5.74) is 1.61. The summed E-state index contributed by atoms with van der Waals surface area (Å²) in [6, 6.07) is 0. The summed E-state index contributed by atoms with van der Waals surface area (Å²) in [5.74, 6) is 0.836. The summed E-state index contributed by atoms with van der Waals surface area (Å²) in [7, 11) is -0.0522. The van der Waals surface area contributed by atoms with Crippen molar-refractivity contribution in [1.29, 1.82) is 0 Å². The molecule has 3 saturated carbocycles. The van der Waals surface area contributed by atoms with Crippen LogP contribution in [0, 0.1) is 11.3 Å². The van der Waals surface area contributed by atoms with Crippen molar-refractivity contribution in [3.05, 3.63) is 11.5 Å². The lowest BCUT2D eigenvalue weighted by molar-refractivity contribution is -0.257. The Morgan fingerprint density at radius 2 is 2.05 bits per heavy atom. The van der Waals surface area contributed by atoms with E-state index in [1.165, 1.54) is 50.4 Å². The first-order valence-electron chi connectivity index (χ1n) is 8.03. The molecule has 0 amide bonds. The maximum atomic E-state index is 6.59. The number of allylic oxidation sites excluding steroid dienone is 2. The van der Waals surface area contributed by atoms with Gasteiger partial charge in [0.25, 0.3) is 0 Å². The van der Waals surface area contributed by atoms with Crippen LogP contribution >= 0.6 is 0 Å². The van der Waals surface area contributed by atoms with Crippen molar-refractivity contribution in [2.45, 2.75) is 76.9 Å². The van der Waals surface area contributed by atoms with Crippen LogP contribution in [0.25, 0.3) is 0 Å². The molecule has 2 nitrogen and oxygen atoms in total. The monoisotopic (exact) mass is 260 g/mol. The molecule has 1 spiro atoms. The van der Waals surface area contributed by atoms with Gasteiger partial charge in [0.05, 0.1) is 11.2 Å². The van der Waals surface area contributed by atoms with Gasteiger partial charge in [-0.25, -0.2) is 0 Å². The fraction of sp³-hybridized carbons (Fsp3) is 0.875. The van der Waals surface area contributed by atoms with E-state index in [9.17, 15) is 0 Å². The molecule has 5 aliphatic rings. The second kappa shape index (κ2) is 3.68. The Hall–Kier alpha value is -0.275. The molecular weight excluding hydrogens is 235 g/mol. The maximum absolute atomic E-state index is 6.59. The lowest BCUT2D eigenvalue weighted by atomic mass is 9.41. The summed E-state index contributed by atoms with van der Waals surface area (Å²) in [6.45, 7) is 7.08. The van der Waals surface area contributed by atoms with Crippen LogP contribution in [0.5, 0.6) is 0 Å². The smallest absolute Gasteiger partial charge is 0.399 e. The van der Waals surface area contributed by atoms with Crippen LogP contribution in [0.15, 0.2) is 11.5 Å². The van der Waals surface area contributed by atoms with Crippen LogP contribution in [0.1, 0.15) is 65.7 Å². The summed E-state index contributed by atoms with van der Waals surface area (Å²) < 4.78 is 13.1. The van der Waals surface area contributed by atoms with Gasteiger partial charge in [-0.2, -0.15) is 0 Å². The Morgan fingerprint density at radius 3 is 2.68 bits per heavy atom. The Morgan fingerprint density at radius 1 is 1.21 bits per heavy atom. The Kier molecular flexibility index (Phi) is 2.41. The lowest BCUT2D eigenvalue weighted by Gasteiger charge is -2.68. The minimum atomic E-state index is -0.0613. The first kappa shape index (κ1) is 12.5. The highest BCUT2D eigenvalue weighted by Gasteiger charge is 2.76. The third-order valence-corrected chi connectivity index (χ3v) is 6.72. The first-order valence-corrected chi connectivity index (χ1v) is 8.03. The molecule has 5 rings (SSSR count). The van der Waals surface area contributed by atoms with Gasteiger partial charge in [0.1, 0.15) is 0 Å². The van der Waals surface area contributed by atoms with Crippen LogP contribution < -0.4 is 0 Å². The predicted molar refractivity (Wildman–Crippen MR) is 76.7 cm³/mol. The lowest BCUT2D eigenvalue weighted by Crippen LogP contribution is -2.73. The zero-order valence-corrected chi connectivity index (χ0v) is 12.5. The van der Waals surface area contributed by atoms with E-state index in [-0.39, 0.29) is 23.7 Å². The van der Waals surface area contributed by atoms with Crippen molar-refractivity contribution in [2.24, 2.45) is 11.3 Å². The highest BCUT2D eigenvalue weighted by Crippen LogP contribution is 2.70. The fourth-order valence-electron chi connectivity index (χ4n) is 5.23.